The van der Waals surface area contributed by atoms with Crippen LogP contribution >= 0.6 is 0 Å². The lowest BCUT2D eigenvalue weighted by atomic mass is 10.1. The molecule has 0 saturated carbocycles. The molecule has 0 atom stereocenters. The molecule has 0 bridgehead atoms. The highest BCUT2D eigenvalue weighted by Gasteiger charge is 2.13. The Balaban J connectivity index is 1.94. The van der Waals surface area contributed by atoms with Crippen molar-refractivity contribution in [3.8, 4) is 0 Å². The molecule has 102 valence electrons. The van der Waals surface area contributed by atoms with Crippen molar-refractivity contribution >= 4 is 0 Å². The first-order valence-corrected chi connectivity index (χ1v) is 6.75. The lowest BCUT2D eigenvalue weighted by molar-refractivity contribution is 0.0359. The minimum atomic E-state index is 0.691. The molecule has 1 aromatic rings. The van der Waals surface area contributed by atoms with E-state index in [1.165, 1.54) is 11.3 Å². The maximum atomic E-state index is 5.64. The van der Waals surface area contributed by atoms with E-state index >= 15 is 0 Å². The zero-order valence-corrected chi connectivity index (χ0v) is 11.5. The number of aryl methyl sites for hydroxylation is 1. The molecule has 2 rings (SSSR count). The first kappa shape index (κ1) is 13.5. The van der Waals surface area contributed by atoms with E-state index < -0.39 is 0 Å². The molecule has 2 N–H and O–H groups in total. The first-order valence-electron chi connectivity index (χ1n) is 6.75. The van der Waals surface area contributed by atoms with Gasteiger partial charge in [-0.3, -0.25) is 9.58 Å². The second-order valence-electron chi connectivity index (χ2n) is 4.87. The van der Waals surface area contributed by atoms with E-state index in [-0.39, 0.29) is 0 Å². The van der Waals surface area contributed by atoms with Gasteiger partial charge in [0, 0.05) is 25.3 Å². The Bertz CT molecular complexity index is 383. The predicted molar refractivity (Wildman–Crippen MR) is 71.7 cm³/mol. The molecular formula is C13H24N4O. The van der Waals surface area contributed by atoms with Gasteiger partial charge in [-0.25, -0.2) is 0 Å². The fraction of sp³-hybridized carbons (Fsp3) is 0.769. The Morgan fingerprint density at radius 3 is 2.61 bits per heavy atom. The molecule has 0 aromatic carbocycles. The highest BCUT2D eigenvalue weighted by atomic mass is 16.5. The van der Waals surface area contributed by atoms with Crippen LogP contribution < -0.4 is 5.73 Å². The van der Waals surface area contributed by atoms with Crippen LogP contribution in [0.3, 0.4) is 0 Å². The number of hydrogen-bond donors (Lipinski definition) is 1. The average Bonchev–Trinajstić information content (AvgIpc) is 2.66. The van der Waals surface area contributed by atoms with Crippen LogP contribution in [0.2, 0.25) is 0 Å². The molecule has 1 saturated heterocycles. The van der Waals surface area contributed by atoms with Crippen LogP contribution in [0.1, 0.15) is 17.0 Å². The summed E-state index contributed by atoms with van der Waals surface area (Å²) >= 11 is 0. The van der Waals surface area contributed by atoms with Gasteiger partial charge in [0.1, 0.15) is 0 Å². The summed E-state index contributed by atoms with van der Waals surface area (Å²) in [5, 5.41) is 4.62. The van der Waals surface area contributed by atoms with Gasteiger partial charge in [-0.2, -0.15) is 5.10 Å². The normalized spacial score (nSPS) is 17.3. The standard InChI is InChI=1S/C13H24N4O/c1-11-13(3-4-14)12(2)17(15-11)6-5-16-7-9-18-10-8-16/h3-10,14H2,1-2H3. The maximum Gasteiger partial charge on any atom is 0.0628 e. The molecule has 5 nitrogen and oxygen atoms in total. The SMILES string of the molecule is Cc1nn(CCN2CCOCC2)c(C)c1CCN. The zero-order chi connectivity index (χ0) is 13.0. The largest absolute Gasteiger partial charge is 0.379 e. The van der Waals surface area contributed by atoms with Gasteiger partial charge in [0.2, 0.25) is 0 Å². The van der Waals surface area contributed by atoms with Gasteiger partial charge in [-0.15, -0.1) is 0 Å². The monoisotopic (exact) mass is 252 g/mol. The van der Waals surface area contributed by atoms with E-state index in [4.69, 9.17) is 10.5 Å². The summed E-state index contributed by atoms with van der Waals surface area (Å²) in [6.45, 7) is 10.7. The summed E-state index contributed by atoms with van der Waals surface area (Å²) < 4.78 is 7.47. The first-order chi connectivity index (χ1) is 8.72. The van der Waals surface area contributed by atoms with Crippen molar-refractivity contribution in [2.24, 2.45) is 5.73 Å². The third-order valence-electron chi connectivity index (χ3n) is 3.66. The lowest BCUT2D eigenvalue weighted by Crippen LogP contribution is -2.38. The second-order valence-corrected chi connectivity index (χ2v) is 4.87. The lowest BCUT2D eigenvalue weighted by Gasteiger charge is -2.26. The number of aromatic nitrogens is 2. The molecule has 5 heteroatoms. The quantitative estimate of drug-likeness (QED) is 0.820. The number of morpholine rings is 1. The highest BCUT2D eigenvalue weighted by Crippen LogP contribution is 2.13. The predicted octanol–water partition coefficient (Wildman–Crippen LogP) is 0.333. The van der Waals surface area contributed by atoms with Crippen LogP contribution in [0.25, 0.3) is 0 Å². The summed E-state index contributed by atoms with van der Waals surface area (Å²) in [6, 6.07) is 0. The van der Waals surface area contributed by atoms with Gasteiger partial charge in [0.15, 0.2) is 0 Å². The molecule has 1 aromatic heterocycles. The zero-order valence-electron chi connectivity index (χ0n) is 11.5. The van der Waals surface area contributed by atoms with Gasteiger partial charge in [-0.1, -0.05) is 0 Å². The van der Waals surface area contributed by atoms with E-state index in [1.54, 1.807) is 0 Å². The molecule has 1 fully saturated rings. The Hall–Kier alpha value is -0.910. The molecule has 0 aliphatic carbocycles. The Morgan fingerprint density at radius 2 is 1.94 bits per heavy atom. The van der Waals surface area contributed by atoms with Crippen LogP contribution in [0.5, 0.6) is 0 Å². The number of nitrogens with zero attached hydrogens (tertiary/aromatic N) is 3. The van der Waals surface area contributed by atoms with Gasteiger partial charge in [-0.05, 0) is 32.4 Å². The van der Waals surface area contributed by atoms with Crippen molar-refractivity contribution in [1.29, 1.82) is 0 Å². The van der Waals surface area contributed by atoms with Crippen LogP contribution in [0, 0.1) is 13.8 Å². The molecule has 1 aliphatic heterocycles. The summed E-state index contributed by atoms with van der Waals surface area (Å²) in [5.41, 5.74) is 9.35. The highest BCUT2D eigenvalue weighted by molar-refractivity contribution is 5.24. The van der Waals surface area contributed by atoms with Crippen LogP contribution in [-0.2, 0) is 17.7 Å². The van der Waals surface area contributed by atoms with Gasteiger partial charge in [0.05, 0.1) is 25.5 Å². The average molecular weight is 252 g/mol. The number of nitrogens with two attached hydrogens (primary N) is 1. The van der Waals surface area contributed by atoms with E-state index in [0.29, 0.717) is 6.54 Å². The number of rotatable bonds is 5. The molecule has 0 spiro atoms. The van der Waals surface area contributed by atoms with Crippen molar-refractivity contribution in [3.63, 3.8) is 0 Å². The van der Waals surface area contributed by atoms with Gasteiger partial charge < -0.3 is 10.5 Å². The van der Waals surface area contributed by atoms with Gasteiger partial charge >= 0.3 is 0 Å². The molecule has 1 aliphatic rings. The topological polar surface area (TPSA) is 56.3 Å². The number of hydrogen-bond acceptors (Lipinski definition) is 4. The molecule has 18 heavy (non-hydrogen) atoms. The summed E-state index contributed by atoms with van der Waals surface area (Å²) in [4.78, 5) is 2.43. The van der Waals surface area contributed by atoms with Crippen molar-refractivity contribution < 1.29 is 4.74 Å². The fourth-order valence-corrected chi connectivity index (χ4v) is 2.52. The third kappa shape index (κ3) is 3.10. The Labute approximate surface area is 109 Å². The minimum absolute atomic E-state index is 0.691. The summed E-state index contributed by atoms with van der Waals surface area (Å²) in [6.07, 6.45) is 0.926. The molecule has 0 unspecified atom stereocenters. The van der Waals surface area contributed by atoms with E-state index in [1.807, 2.05) is 0 Å². The van der Waals surface area contributed by atoms with Gasteiger partial charge in [0.25, 0.3) is 0 Å². The van der Waals surface area contributed by atoms with Crippen molar-refractivity contribution in [2.45, 2.75) is 26.8 Å². The minimum Gasteiger partial charge on any atom is -0.379 e. The van der Waals surface area contributed by atoms with Crippen LogP contribution in [-0.4, -0.2) is 54.1 Å². The van der Waals surface area contributed by atoms with Crippen molar-refractivity contribution in [1.82, 2.24) is 14.7 Å². The smallest absolute Gasteiger partial charge is 0.0628 e. The van der Waals surface area contributed by atoms with Crippen LogP contribution in [0.15, 0.2) is 0 Å². The van der Waals surface area contributed by atoms with Crippen molar-refractivity contribution in [3.05, 3.63) is 17.0 Å². The van der Waals surface area contributed by atoms with E-state index in [0.717, 1.165) is 51.5 Å². The van der Waals surface area contributed by atoms with E-state index in [2.05, 4.69) is 28.5 Å². The maximum absolute atomic E-state index is 5.64. The summed E-state index contributed by atoms with van der Waals surface area (Å²) in [5.74, 6) is 0. The van der Waals surface area contributed by atoms with Crippen molar-refractivity contribution in [2.75, 3.05) is 39.4 Å². The molecule has 0 radical (unpaired) electrons. The molecule has 0 amide bonds. The number of ether oxygens (including phenoxy) is 1. The molecule has 2 heterocycles. The second kappa shape index (κ2) is 6.31. The Kier molecular flexibility index (Phi) is 4.74. The van der Waals surface area contributed by atoms with E-state index in [9.17, 15) is 0 Å². The third-order valence-corrected chi connectivity index (χ3v) is 3.66. The molecular weight excluding hydrogens is 228 g/mol. The summed E-state index contributed by atoms with van der Waals surface area (Å²) in [7, 11) is 0. The Morgan fingerprint density at radius 1 is 1.22 bits per heavy atom. The van der Waals surface area contributed by atoms with Crippen LogP contribution in [0.4, 0.5) is 0 Å². The fourth-order valence-electron chi connectivity index (χ4n) is 2.52.